The monoisotopic (exact) mass is 379 g/mol. The van der Waals surface area contributed by atoms with Gasteiger partial charge in [-0.05, 0) is 62.7 Å². The summed E-state index contributed by atoms with van der Waals surface area (Å²) < 4.78 is 11.3. The molecule has 0 saturated carbocycles. The summed E-state index contributed by atoms with van der Waals surface area (Å²) in [5.74, 6) is 1.46. The molecule has 1 aliphatic heterocycles. The molecule has 0 amide bonds. The van der Waals surface area contributed by atoms with Crippen LogP contribution in [0.4, 0.5) is 0 Å². The van der Waals surface area contributed by atoms with E-state index >= 15 is 0 Å². The lowest BCUT2D eigenvalue weighted by molar-refractivity contribution is 0.218. The van der Waals surface area contributed by atoms with E-state index in [2.05, 4.69) is 4.90 Å². The van der Waals surface area contributed by atoms with Gasteiger partial charge in [0.15, 0.2) is 0 Å². The van der Waals surface area contributed by atoms with E-state index in [0.29, 0.717) is 34.4 Å². The van der Waals surface area contributed by atoms with E-state index < -0.39 is 0 Å². The van der Waals surface area contributed by atoms with Crippen LogP contribution in [0.25, 0.3) is 22.1 Å². The highest BCUT2D eigenvalue weighted by Crippen LogP contribution is 2.32. The molecule has 1 fully saturated rings. The van der Waals surface area contributed by atoms with Crippen molar-refractivity contribution >= 4 is 11.0 Å². The molecule has 0 spiro atoms. The van der Waals surface area contributed by atoms with Crippen LogP contribution in [0, 0.1) is 6.92 Å². The van der Waals surface area contributed by atoms with Crippen molar-refractivity contribution in [1.29, 1.82) is 0 Å². The van der Waals surface area contributed by atoms with Crippen LogP contribution < -0.4 is 10.2 Å². The van der Waals surface area contributed by atoms with E-state index in [1.807, 2.05) is 24.3 Å². The minimum absolute atomic E-state index is 0.0798. The second-order valence-corrected chi connectivity index (χ2v) is 7.37. The maximum absolute atomic E-state index is 13.3. The van der Waals surface area contributed by atoms with Gasteiger partial charge in [0.1, 0.15) is 22.8 Å². The van der Waals surface area contributed by atoms with Gasteiger partial charge in [0.2, 0.25) is 5.43 Å². The van der Waals surface area contributed by atoms with Gasteiger partial charge in [-0.25, -0.2) is 0 Å². The number of hydrogen-bond donors (Lipinski definition) is 1. The summed E-state index contributed by atoms with van der Waals surface area (Å²) in [4.78, 5) is 15.6. The number of benzene rings is 2. The highest BCUT2D eigenvalue weighted by Gasteiger charge is 2.20. The lowest BCUT2D eigenvalue weighted by Crippen LogP contribution is -2.29. The molecule has 3 aromatic rings. The van der Waals surface area contributed by atoms with Crippen molar-refractivity contribution in [2.24, 2.45) is 0 Å². The third-order valence-electron chi connectivity index (χ3n) is 5.52. The molecule has 5 nitrogen and oxygen atoms in total. The average molecular weight is 379 g/mol. The zero-order valence-electron chi connectivity index (χ0n) is 16.3. The second kappa shape index (κ2) is 7.68. The molecule has 1 aromatic heterocycles. The van der Waals surface area contributed by atoms with Crippen LogP contribution in [0.5, 0.6) is 11.5 Å². The van der Waals surface area contributed by atoms with E-state index in [1.54, 1.807) is 26.2 Å². The lowest BCUT2D eigenvalue weighted by Gasteiger charge is -2.27. The van der Waals surface area contributed by atoms with E-state index in [-0.39, 0.29) is 11.2 Å². The first-order valence-electron chi connectivity index (χ1n) is 9.73. The van der Waals surface area contributed by atoms with Crippen molar-refractivity contribution in [3.63, 3.8) is 0 Å². The minimum Gasteiger partial charge on any atom is -0.507 e. The van der Waals surface area contributed by atoms with Crippen molar-refractivity contribution in [2.75, 3.05) is 20.2 Å². The van der Waals surface area contributed by atoms with Gasteiger partial charge < -0.3 is 14.3 Å². The Labute approximate surface area is 164 Å². The van der Waals surface area contributed by atoms with Gasteiger partial charge in [-0.15, -0.1) is 0 Å². The topological polar surface area (TPSA) is 62.9 Å². The minimum atomic E-state index is -0.0798. The quantitative estimate of drug-likeness (QED) is 0.725. The number of hydrogen-bond acceptors (Lipinski definition) is 5. The molecule has 0 radical (unpaired) electrons. The summed E-state index contributed by atoms with van der Waals surface area (Å²) in [5.41, 5.74) is 2.44. The molecule has 1 saturated heterocycles. The van der Waals surface area contributed by atoms with Gasteiger partial charge in [-0.2, -0.15) is 0 Å². The molecular formula is C23H25NO4. The van der Waals surface area contributed by atoms with Crippen molar-refractivity contribution in [3.8, 4) is 22.6 Å². The van der Waals surface area contributed by atoms with E-state index in [9.17, 15) is 9.90 Å². The van der Waals surface area contributed by atoms with Crippen LogP contribution in [0.1, 0.15) is 30.6 Å². The molecular weight excluding hydrogens is 354 g/mol. The molecule has 0 unspecified atom stereocenters. The number of likely N-dealkylation sites (tertiary alicyclic amines) is 1. The van der Waals surface area contributed by atoms with Crippen LogP contribution in [-0.2, 0) is 6.54 Å². The molecule has 5 heteroatoms. The number of aryl methyl sites for hydroxylation is 1. The highest BCUT2D eigenvalue weighted by molar-refractivity contribution is 5.86. The zero-order valence-corrected chi connectivity index (χ0v) is 16.3. The summed E-state index contributed by atoms with van der Waals surface area (Å²) in [6, 6.07) is 10.6. The van der Waals surface area contributed by atoms with Gasteiger partial charge in [-0.3, -0.25) is 9.69 Å². The number of methoxy groups -OCH3 is 1. The van der Waals surface area contributed by atoms with Gasteiger partial charge >= 0.3 is 0 Å². The maximum atomic E-state index is 13.3. The van der Waals surface area contributed by atoms with Gasteiger partial charge in [0.05, 0.1) is 23.6 Å². The Hall–Kier alpha value is -2.79. The summed E-state index contributed by atoms with van der Waals surface area (Å²) in [6.45, 7) is 4.40. The number of piperidine rings is 1. The standard InChI is InChI=1S/C23H25NO4/c1-15-21(16-6-8-17(27-2)9-7-16)22(26)18-10-11-20(25)19(23(18)28-15)14-24-12-4-3-5-13-24/h6-11,25H,3-5,12-14H2,1-2H3. The Morgan fingerprint density at radius 1 is 1.07 bits per heavy atom. The van der Waals surface area contributed by atoms with Crippen molar-refractivity contribution < 1.29 is 14.3 Å². The average Bonchev–Trinajstić information content (AvgIpc) is 2.71. The Morgan fingerprint density at radius 3 is 2.46 bits per heavy atom. The van der Waals surface area contributed by atoms with E-state index in [0.717, 1.165) is 37.2 Å². The maximum Gasteiger partial charge on any atom is 0.200 e. The van der Waals surface area contributed by atoms with Crippen LogP contribution in [0.2, 0.25) is 0 Å². The largest absolute Gasteiger partial charge is 0.507 e. The summed E-state index contributed by atoms with van der Waals surface area (Å²) in [6.07, 6.45) is 3.57. The van der Waals surface area contributed by atoms with Crippen LogP contribution in [0.3, 0.4) is 0 Å². The first-order chi connectivity index (χ1) is 13.6. The van der Waals surface area contributed by atoms with E-state index in [4.69, 9.17) is 9.15 Å². The first kappa shape index (κ1) is 18.6. The second-order valence-electron chi connectivity index (χ2n) is 7.37. The molecule has 2 heterocycles. The lowest BCUT2D eigenvalue weighted by atomic mass is 10.0. The number of rotatable bonds is 4. The zero-order chi connectivity index (χ0) is 19.7. The predicted molar refractivity (Wildman–Crippen MR) is 110 cm³/mol. The van der Waals surface area contributed by atoms with Gasteiger partial charge in [-0.1, -0.05) is 18.6 Å². The van der Waals surface area contributed by atoms with E-state index in [1.165, 1.54) is 6.42 Å². The normalized spacial score (nSPS) is 15.1. The molecule has 2 aromatic carbocycles. The molecule has 146 valence electrons. The summed E-state index contributed by atoms with van der Waals surface area (Å²) in [5, 5.41) is 11.0. The van der Waals surface area contributed by atoms with Crippen molar-refractivity contribution in [3.05, 3.63) is 57.9 Å². The summed E-state index contributed by atoms with van der Waals surface area (Å²) >= 11 is 0. The smallest absolute Gasteiger partial charge is 0.200 e. The number of phenolic OH excluding ortho intramolecular Hbond substituents is 1. The first-order valence-corrected chi connectivity index (χ1v) is 9.73. The third-order valence-corrected chi connectivity index (χ3v) is 5.52. The Kier molecular flexibility index (Phi) is 5.09. The number of fused-ring (bicyclic) bond motifs is 1. The summed E-state index contributed by atoms with van der Waals surface area (Å²) in [7, 11) is 1.61. The number of ether oxygens (including phenoxy) is 1. The Balaban J connectivity index is 1.83. The fourth-order valence-electron chi connectivity index (χ4n) is 4.00. The molecule has 1 N–H and O–H groups in total. The Morgan fingerprint density at radius 2 is 1.79 bits per heavy atom. The SMILES string of the molecule is COc1ccc(-c2c(C)oc3c(CN4CCCCC4)c(O)ccc3c2=O)cc1. The molecule has 1 aliphatic rings. The third kappa shape index (κ3) is 3.38. The van der Waals surface area contributed by atoms with Gasteiger partial charge in [0.25, 0.3) is 0 Å². The number of aromatic hydroxyl groups is 1. The molecule has 0 aliphatic carbocycles. The molecule has 0 atom stereocenters. The van der Waals surface area contributed by atoms with Crippen molar-refractivity contribution in [2.45, 2.75) is 32.7 Å². The molecule has 4 rings (SSSR count). The van der Waals surface area contributed by atoms with Crippen LogP contribution in [0.15, 0.2) is 45.6 Å². The predicted octanol–water partition coefficient (Wildman–Crippen LogP) is 4.47. The molecule has 0 bridgehead atoms. The highest BCUT2D eigenvalue weighted by atomic mass is 16.5. The number of phenols is 1. The molecule has 28 heavy (non-hydrogen) atoms. The fraction of sp³-hybridized carbons (Fsp3) is 0.348. The van der Waals surface area contributed by atoms with Crippen LogP contribution >= 0.6 is 0 Å². The van der Waals surface area contributed by atoms with Gasteiger partial charge in [0, 0.05) is 6.54 Å². The van der Waals surface area contributed by atoms with Crippen LogP contribution in [-0.4, -0.2) is 30.2 Å². The fourth-order valence-corrected chi connectivity index (χ4v) is 4.00. The van der Waals surface area contributed by atoms with Crippen molar-refractivity contribution in [1.82, 2.24) is 4.90 Å². The Bertz CT molecular complexity index is 1050. The number of nitrogens with zero attached hydrogens (tertiary/aromatic N) is 1.